The Morgan fingerprint density at radius 2 is 2.33 bits per heavy atom. The highest BCUT2D eigenvalue weighted by Crippen LogP contribution is 2.34. The zero-order valence-electron chi connectivity index (χ0n) is 8.18. The maximum Gasteiger partial charge on any atom is 0.253 e. The molecule has 1 aliphatic carbocycles. The predicted molar refractivity (Wildman–Crippen MR) is 62.1 cm³/mol. The highest BCUT2D eigenvalue weighted by Gasteiger charge is 2.38. The van der Waals surface area contributed by atoms with Crippen LogP contribution in [0.4, 0.5) is 0 Å². The van der Waals surface area contributed by atoms with Crippen molar-refractivity contribution in [3.63, 3.8) is 0 Å². The van der Waals surface area contributed by atoms with Crippen molar-refractivity contribution < 1.29 is 4.79 Å². The Labute approximate surface area is 101 Å². The first-order chi connectivity index (χ1) is 7.00. The molecule has 15 heavy (non-hydrogen) atoms. The Morgan fingerprint density at radius 1 is 1.67 bits per heavy atom. The van der Waals surface area contributed by atoms with Crippen LogP contribution in [0.15, 0.2) is 16.7 Å². The summed E-state index contributed by atoms with van der Waals surface area (Å²) in [5, 5.41) is 3.32. The summed E-state index contributed by atoms with van der Waals surface area (Å²) in [6.07, 6.45) is 3.57. The van der Waals surface area contributed by atoms with Gasteiger partial charge in [0.05, 0.1) is 10.0 Å². The number of rotatable bonds is 2. The topological polar surface area (TPSA) is 42.0 Å². The Kier molecular flexibility index (Phi) is 2.73. The monoisotopic (exact) mass is 288 g/mol. The number of hydrogen-bond donors (Lipinski definition) is 1. The van der Waals surface area contributed by atoms with Gasteiger partial charge in [0.1, 0.15) is 5.15 Å². The van der Waals surface area contributed by atoms with Gasteiger partial charge in [-0.15, -0.1) is 0 Å². The van der Waals surface area contributed by atoms with Gasteiger partial charge in [0.2, 0.25) is 0 Å². The normalized spacial score (nSPS) is 17.3. The lowest BCUT2D eigenvalue weighted by atomic mass is 10.2. The number of nitrogens with zero attached hydrogens (tertiary/aromatic N) is 1. The van der Waals surface area contributed by atoms with Crippen molar-refractivity contribution >= 4 is 33.4 Å². The zero-order valence-corrected chi connectivity index (χ0v) is 10.5. The molecule has 0 atom stereocenters. The predicted octanol–water partition coefficient (Wildman–Crippen LogP) is 2.78. The second-order valence-corrected chi connectivity index (χ2v) is 5.22. The minimum atomic E-state index is -0.0973. The molecule has 1 saturated carbocycles. The number of carbonyl (C=O) groups is 1. The summed E-state index contributed by atoms with van der Waals surface area (Å²) in [7, 11) is 0. The van der Waals surface area contributed by atoms with E-state index in [4.69, 9.17) is 11.6 Å². The van der Waals surface area contributed by atoms with E-state index in [9.17, 15) is 4.79 Å². The molecule has 0 aromatic carbocycles. The molecule has 3 nitrogen and oxygen atoms in total. The molecule has 1 amide bonds. The minimum absolute atomic E-state index is 0.0107. The summed E-state index contributed by atoms with van der Waals surface area (Å²) < 4.78 is 0.637. The fraction of sp³-hybridized carbons (Fsp3) is 0.400. The average Bonchev–Trinajstić information content (AvgIpc) is 2.88. The van der Waals surface area contributed by atoms with Crippen molar-refractivity contribution in [2.24, 2.45) is 0 Å². The van der Waals surface area contributed by atoms with Gasteiger partial charge in [-0.25, -0.2) is 4.98 Å². The number of pyridine rings is 1. The SMILES string of the molecule is CC1(NC(=O)c2cnc(Cl)c(Br)c2)CC1. The summed E-state index contributed by atoms with van der Waals surface area (Å²) in [5.41, 5.74) is 0.517. The number of amides is 1. The number of halogens is 2. The third kappa shape index (κ3) is 2.49. The summed E-state index contributed by atoms with van der Waals surface area (Å²) in [5.74, 6) is -0.0973. The summed E-state index contributed by atoms with van der Waals surface area (Å²) in [6, 6.07) is 1.68. The van der Waals surface area contributed by atoms with E-state index in [1.165, 1.54) is 6.20 Å². The first kappa shape index (κ1) is 10.9. The van der Waals surface area contributed by atoms with Crippen LogP contribution in [0.25, 0.3) is 0 Å². The Hall–Kier alpha value is -0.610. The molecule has 0 spiro atoms. The largest absolute Gasteiger partial charge is 0.347 e. The third-order valence-electron chi connectivity index (χ3n) is 2.47. The van der Waals surface area contributed by atoms with Gasteiger partial charge in [0.25, 0.3) is 5.91 Å². The maximum absolute atomic E-state index is 11.7. The molecule has 2 rings (SSSR count). The molecule has 0 saturated heterocycles. The molecule has 0 radical (unpaired) electrons. The third-order valence-corrected chi connectivity index (χ3v) is 3.61. The van der Waals surface area contributed by atoms with E-state index in [2.05, 4.69) is 26.2 Å². The Balaban J connectivity index is 2.15. The van der Waals surface area contributed by atoms with Crippen molar-refractivity contribution in [2.75, 3.05) is 0 Å². The lowest BCUT2D eigenvalue weighted by Gasteiger charge is -2.11. The van der Waals surface area contributed by atoms with Crippen molar-refractivity contribution in [3.8, 4) is 0 Å². The quantitative estimate of drug-likeness (QED) is 0.851. The highest BCUT2D eigenvalue weighted by atomic mass is 79.9. The Morgan fingerprint density at radius 3 is 2.87 bits per heavy atom. The molecule has 0 bridgehead atoms. The van der Waals surface area contributed by atoms with Gasteiger partial charge in [-0.1, -0.05) is 11.6 Å². The highest BCUT2D eigenvalue weighted by molar-refractivity contribution is 9.10. The summed E-state index contributed by atoms with van der Waals surface area (Å²) in [4.78, 5) is 15.7. The fourth-order valence-electron chi connectivity index (χ4n) is 1.20. The van der Waals surface area contributed by atoms with Gasteiger partial charge in [0.15, 0.2) is 0 Å². The van der Waals surface area contributed by atoms with E-state index in [0.717, 1.165) is 12.8 Å². The van der Waals surface area contributed by atoms with Crippen molar-refractivity contribution in [3.05, 3.63) is 27.5 Å². The number of aromatic nitrogens is 1. The van der Waals surface area contributed by atoms with Crippen LogP contribution in [0.3, 0.4) is 0 Å². The first-order valence-corrected chi connectivity index (χ1v) is 5.81. The van der Waals surface area contributed by atoms with E-state index in [0.29, 0.717) is 15.2 Å². The van der Waals surface area contributed by atoms with Gasteiger partial charge >= 0.3 is 0 Å². The van der Waals surface area contributed by atoms with Gasteiger partial charge in [-0.2, -0.15) is 0 Å². The zero-order chi connectivity index (χ0) is 11.1. The second-order valence-electron chi connectivity index (χ2n) is 4.01. The molecule has 1 aromatic heterocycles. The molecule has 1 heterocycles. The molecule has 1 fully saturated rings. The molecule has 80 valence electrons. The van der Waals surface area contributed by atoms with E-state index in [-0.39, 0.29) is 11.4 Å². The first-order valence-electron chi connectivity index (χ1n) is 4.64. The van der Waals surface area contributed by atoms with E-state index in [1.807, 2.05) is 6.92 Å². The molecule has 0 unspecified atom stereocenters. The van der Waals surface area contributed by atoms with Crippen molar-refractivity contribution in [1.82, 2.24) is 10.3 Å². The second kappa shape index (κ2) is 3.76. The van der Waals surface area contributed by atoms with E-state index < -0.39 is 0 Å². The molecule has 0 aliphatic heterocycles. The van der Waals surface area contributed by atoms with Crippen LogP contribution < -0.4 is 5.32 Å². The lowest BCUT2D eigenvalue weighted by molar-refractivity contribution is 0.0935. The Bertz CT molecular complexity index is 418. The van der Waals surface area contributed by atoms with Gasteiger partial charge in [0, 0.05) is 11.7 Å². The van der Waals surface area contributed by atoms with Crippen LogP contribution in [0.5, 0.6) is 0 Å². The molecule has 1 aromatic rings. The number of hydrogen-bond acceptors (Lipinski definition) is 2. The number of nitrogens with one attached hydrogen (secondary N) is 1. The van der Waals surface area contributed by atoms with Gasteiger partial charge < -0.3 is 5.32 Å². The summed E-state index contributed by atoms with van der Waals surface area (Å²) in [6.45, 7) is 2.03. The maximum atomic E-state index is 11.7. The van der Waals surface area contributed by atoms with Crippen molar-refractivity contribution in [2.45, 2.75) is 25.3 Å². The molecule has 1 aliphatic rings. The number of carbonyl (C=O) groups excluding carboxylic acids is 1. The standard InChI is InChI=1S/C10H10BrClN2O/c1-10(2-3-10)14-9(15)6-4-7(11)8(12)13-5-6/h4-5H,2-3H2,1H3,(H,14,15). The van der Waals surface area contributed by atoms with Crippen LogP contribution >= 0.6 is 27.5 Å². The van der Waals surface area contributed by atoms with E-state index in [1.54, 1.807) is 6.07 Å². The van der Waals surface area contributed by atoms with Crippen LogP contribution in [-0.2, 0) is 0 Å². The van der Waals surface area contributed by atoms with Crippen LogP contribution in [0.1, 0.15) is 30.1 Å². The van der Waals surface area contributed by atoms with Gasteiger partial charge in [-0.3, -0.25) is 4.79 Å². The smallest absolute Gasteiger partial charge is 0.253 e. The molecule has 5 heteroatoms. The van der Waals surface area contributed by atoms with E-state index >= 15 is 0 Å². The molecular formula is C10H10BrClN2O. The van der Waals surface area contributed by atoms with Crippen LogP contribution in [0.2, 0.25) is 5.15 Å². The van der Waals surface area contributed by atoms with Crippen LogP contribution in [-0.4, -0.2) is 16.4 Å². The average molecular weight is 290 g/mol. The minimum Gasteiger partial charge on any atom is -0.347 e. The summed E-state index contributed by atoms with van der Waals surface area (Å²) >= 11 is 8.98. The van der Waals surface area contributed by atoms with Crippen LogP contribution in [0, 0.1) is 0 Å². The van der Waals surface area contributed by atoms with Crippen molar-refractivity contribution in [1.29, 1.82) is 0 Å². The molecular weight excluding hydrogens is 279 g/mol. The van der Waals surface area contributed by atoms with Gasteiger partial charge in [-0.05, 0) is 41.8 Å². The fourth-order valence-corrected chi connectivity index (χ4v) is 1.66. The molecule has 1 N–H and O–H groups in total. The lowest BCUT2D eigenvalue weighted by Crippen LogP contribution is -2.34.